The zero-order valence-corrected chi connectivity index (χ0v) is 12.7. The summed E-state index contributed by atoms with van der Waals surface area (Å²) in [5.74, 6) is 0.587. The Hall–Kier alpha value is -0.730. The van der Waals surface area contributed by atoms with Crippen molar-refractivity contribution in [1.29, 1.82) is 0 Å². The molecule has 0 aromatic heterocycles. The highest BCUT2D eigenvalue weighted by atomic mass is 35.5. The van der Waals surface area contributed by atoms with E-state index in [2.05, 4.69) is 36.9 Å². The predicted molar refractivity (Wildman–Crippen MR) is 82.2 cm³/mol. The number of hydrogen-bond donors (Lipinski definition) is 0. The first kappa shape index (κ1) is 14.7. The van der Waals surface area contributed by atoms with E-state index < -0.39 is 0 Å². The molecule has 19 heavy (non-hydrogen) atoms. The molecule has 0 N–H and O–H groups in total. The van der Waals surface area contributed by atoms with Crippen molar-refractivity contribution in [3.8, 4) is 0 Å². The smallest absolute Gasteiger partial charge is 0.0750 e. The number of hydrogen-bond acceptors (Lipinski definition) is 2. The van der Waals surface area contributed by atoms with E-state index in [1.165, 1.54) is 29.7 Å². The van der Waals surface area contributed by atoms with Crippen LogP contribution in [-0.2, 0) is 10.6 Å². The molecule has 2 nitrogen and oxygen atoms in total. The normalized spacial score (nSPS) is 19.7. The molecule has 0 amide bonds. The number of alkyl halides is 1. The van der Waals surface area contributed by atoms with Gasteiger partial charge in [0.2, 0.25) is 0 Å². The van der Waals surface area contributed by atoms with Gasteiger partial charge in [-0.15, -0.1) is 11.6 Å². The Kier molecular flexibility index (Phi) is 5.53. The number of ether oxygens (including phenoxy) is 1. The molecule has 0 saturated carbocycles. The summed E-state index contributed by atoms with van der Waals surface area (Å²) in [6.07, 6.45) is 3.89. The van der Waals surface area contributed by atoms with Crippen molar-refractivity contribution in [3.63, 3.8) is 0 Å². The molecule has 0 spiro atoms. The second-order valence-electron chi connectivity index (χ2n) is 5.34. The van der Waals surface area contributed by atoms with Crippen LogP contribution in [0.3, 0.4) is 0 Å². The Balaban J connectivity index is 2.04. The van der Waals surface area contributed by atoms with Crippen LogP contribution in [0.2, 0.25) is 0 Å². The van der Waals surface area contributed by atoms with Gasteiger partial charge >= 0.3 is 0 Å². The highest BCUT2D eigenvalue weighted by Crippen LogP contribution is 2.26. The summed E-state index contributed by atoms with van der Waals surface area (Å²) < 4.78 is 5.91. The minimum atomic E-state index is 0.390. The number of anilines is 1. The molecule has 1 fully saturated rings. The van der Waals surface area contributed by atoms with Gasteiger partial charge in [-0.25, -0.2) is 0 Å². The van der Waals surface area contributed by atoms with E-state index in [4.69, 9.17) is 16.3 Å². The van der Waals surface area contributed by atoms with Crippen LogP contribution in [0.4, 0.5) is 5.69 Å². The molecule has 0 radical (unpaired) electrons. The van der Waals surface area contributed by atoms with Crippen molar-refractivity contribution >= 4 is 17.3 Å². The van der Waals surface area contributed by atoms with Crippen LogP contribution >= 0.6 is 11.6 Å². The molecule has 1 aromatic rings. The molecule has 1 unspecified atom stereocenters. The zero-order chi connectivity index (χ0) is 13.7. The number of rotatable bonds is 5. The van der Waals surface area contributed by atoms with Gasteiger partial charge in [-0.2, -0.15) is 0 Å². The van der Waals surface area contributed by atoms with E-state index in [0.717, 1.165) is 26.1 Å². The molecule has 1 saturated heterocycles. The standard InChI is InChI=1S/C16H24ClNO/c1-3-9-19-15-5-4-8-18(12-15)16-7-6-14(11-17)10-13(16)2/h6-7,10,15H,3-5,8-9,11-12H2,1-2H3. The summed E-state index contributed by atoms with van der Waals surface area (Å²) >= 11 is 5.88. The lowest BCUT2D eigenvalue weighted by Gasteiger charge is -2.35. The zero-order valence-electron chi connectivity index (χ0n) is 12.0. The third kappa shape index (κ3) is 3.87. The molecule has 1 atom stereocenters. The van der Waals surface area contributed by atoms with Gasteiger partial charge in [-0.1, -0.05) is 19.1 Å². The third-order valence-corrected chi connectivity index (χ3v) is 4.00. The van der Waals surface area contributed by atoms with Crippen molar-refractivity contribution in [2.24, 2.45) is 0 Å². The molecule has 106 valence electrons. The predicted octanol–water partition coefficient (Wildman–Crippen LogP) is 4.13. The number of halogens is 1. The molecule has 1 aromatic carbocycles. The van der Waals surface area contributed by atoms with Gasteiger partial charge in [-0.3, -0.25) is 0 Å². The van der Waals surface area contributed by atoms with Crippen LogP contribution in [-0.4, -0.2) is 25.8 Å². The quantitative estimate of drug-likeness (QED) is 0.753. The van der Waals surface area contributed by atoms with Crippen LogP contribution in [0.15, 0.2) is 18.2 Å². The van der Waals surface area contributed by atoms with Gasteiger partial charge in [-0.05, 0) is 43.4 Å². The van der Waals surface area contributed by atoms with Crippen LogP contribution in [0.5, 0.6) is 0 Å². The molecule has 1 aliphatic rings. The number of nitrogens with zero attached hydrogens (tertiary/aromatic N) is 1. The second kappa shape index (κ2) is 7.16. The lowest BCUT2D eigenvalue weighted by Crippen LogP contribution is -2.40. The van der Waals surface area contributed by atoms with Crippen molar-refractivity contribution in [1.82, 2.24) is 0 Å². The fourth-order valence-corrected chi connectivity index (χ4v) is 2.90. The SMILES string of the molecule is CCCOC1CCCN(c2ccc(CCl)cc2C)C1. The number of piperidine rings is 1. The average Bonchev–Trinajstić information content (AvgIpc) is 2.45. The minimum Gasteiger partial charge on any atom is -0.376 e. The fraction of sp³-hybridized carbons (Fsp3) is 0.625. The van der Waals surface area contributed by atoms with E-state index in [9.17, 15) is 0 Å². The van der Waals surface area contributed by atoms with Crippen LogP contribution in [0.1, 0.15) is 37.3 Å². The largest absolute Gasteiger partial charge is 0.376 e. The summed E-state index contributed by atoms with van der Waals surface area (Å²) in [5.41, 5.74) is 3.84. The van der Waals surface area contributed by atoms with Gasteiger partial charge in [0.1, 0.15) is 0 Å². The maximum atomic E-state index is 5.91. The summed E-state index contributed by atoms with van der Waals surface area (Å²) in [6.45, 7) is 7.36. The van der Waals surface area contributed by atoms with Crippen molar-refractivity contribution in [2.75, 3.05) is 24.6 Å². The molecule has 0 bridgehead atoms. The lowest BCUT2D eigenvalue weighted by atomic mass is 10.0. The Bertz CT molecular complexity index is 408. The van der Waals surface area contributed by atoms with E-state index in [-0.39, 0.29) is 0 Å². The Morgan fingerprint density at radius 3 is 2.95 bits per heavy atom. The topological polar surface area (TPSA) is 12.5 Å². The number of benzene rings is 1. The molecule has 1 aliphatic heterocycles. The number of aryl methyl sites for hydroxylation is 1. The molecule has 2 rings (SSSR count). The molecule has 1 heterocycles. The molecular weight excluding hydrogens is 258 g/mol. The molecule has 0 aliphatic carbocycles. The monoisotopic (exact) mass is 281 g/mol. The third-order valence-electron chi connectivity index (χ3n) is 3.69. The van der Waals surface area contributed by atoms with Gasteiger partial charge in [0.05, 0.1) is 6.10 Å². The van der Waals surface area contributed by atoms with Crippen LogP contribution in [0.25, 0.3) is 0 Å². The maximum absolute atomic E-state index is 5.91. The Morgan fingerprint density at radius 1 is 1.42 bits per heavy atom. The fourth-order valence-electron chi connectivity index (χ4n) is 2.73. The van der Waals surface area contributed by atoms with Crippen molar-refractivity contribution < 1.29 is 4.74 Å². The molecular formula is C16H24ClNO. The Morgan fingerprint density at radius 2 is 2.26 bits per heavy atom. The summed E-state index contributed by atoms with van der Waals surface area (Å²) in [6, 6.07) is 6.53. The maximum Gasteiger partial charge on any atom is 0.0750 e. The summed E-state index contributed by atoms with van der Waals surface area (Å²) in [4.78, 5) is 2.46. The van der Waals surface area contributed by atoms with E-state index >= 15 is 0 Å². The first-order valence-corrected chi connectivity index (χ1v) is 7.80. The minimum absolute atomic E-state index is 0.390. The van der Waals surface area contributed by atoms with Gasteiger partial charge in [0.15, 0.2) is 0 Å². The van der Waals surface area contributed by atoms with Crippen LogP contribution in [0, 0.1) is 6.92 Å². The lowest BCUT2D eigenvalue weighted by molar-refractivity contribution is 0.0440. The summed E-state index contributed by atoms with van der Waals surface area (Å²) in [5, 5.41) is 0. The first-order valence-electron chi connectivity index (χ1n) is 7.26. The highest BCUT2D eigenvalue weighted by Gasteiger charge is 2.21. The van der Waals surface area contributed by atoms with Gasteiger partial charge in [0.25, 0.3) is 0 Å². The van der Waals surface area contributed by atoms with E-state index in [0.29, 0.717) is 12.0 Å². The van der Waals surface area contributed by atoms with Crippen molar-refractivity contribution in [2.45, 2.75) is 45.1 Å². The van der Waals surface area contributed by atoms with Crippen LogP contribution < -0.4 is 4.90 Å². The average molecular weight is 282 g/mol. The van der Waals surface area contributed by atoms with E-state index in [1.807, 2.05) is 0 Å². The van der Waals surface area contributed by atoms with Gasteiger partial charge in [0, 0.05) is 31.3 Å². The summed E-state index contributed by atoms with van der Waals surface area (Å²) in [7, 11) is 0. The highest BCUT2D eigenvalue weighted by molar-refractivity contribution is 6.17. The van der Waals surface area contributed by atoms with Crippen molar-refractivity contribution in [3.05, 3.63) is 29.3 Å². The molecule has 3 heteroatoms. The second-order valence-corrected chi connectivity index (χ2v) is 5.60. The van der Waals surface area contributed by atoms with E-state index in [1.54, 1.807) is 0 Å². The van der Waals surface area contributed by atoms with Gasteiger partial charge < -0.3 is 9.64 Å². The Labute approximate surface area is 121 Å². The first-order chi connectivity index (χ1) is 9.24.